The molecule has 2 amide bonds. The summed E-state index contributed by atoms with van der Waals surface area (Å²) in [4.78, 5) is 26.0. The van der Waals surface area contributed by atoms with Gasteiger partial charge >= 0.3 is 0 Å². The Hall–Kier alpha value is -2.90. The molecule has 2 heterocycles. The van der Waals surface area contributed by atoms with Gasteiger partial charge in [-0.3, -0.25) is 9.59 Å². The van der Waals surface area contributed by atoms with Crippen molar-refractivity contribution in [3.05, 3.63) is 74.7 Å². The third-order valence-corrected chi connectivity index (χ3v) is 4.96. The Labute approximate surface area is 158 Å². The summed E-state index contributed by atoms with van der Waals surface area (Å²) in [5.41, 5.74) is 1.20. The summed E-state index contributed by atoms with van der Waals surface area (Å²) in [6.07, 6.45) is 1.65. The molecule has 2 N–H and O–H groups in total. The Bertz CT molecular complexity index is 916. The molecule has 0 aliphatic carbocycles. The van der Waals surface area contributed by atoms with Gasteiger partial charge in [-0.05, 0) is 41.1 Å². The Morgan fingerprint density at radius 2 is 1.92 bits per heavy atom. The first-order valence-electron chi connectivity index (χ1n) is 7.70. The highest BCUT2D eigenvalue weighted by Gasteiger charge is 2.16. The number of amides is 2. The van der Waals surface area contributed by atoms with Crippen molar-refractivity contribution < 1.29 is 14.3 Å². The number of carbonyl (C=O) groups excluding carboxylic acids is 2. The van der Waals surface area contributed by atoms with E-state index < -0.39 is 5.91 Å². The number of carbonyl (C=O) groups is 2. The normalized spacial score (nSPS) is 11.0. The molecule has 0 aliphatic heterocycles. The SMILES string of the molecule is COc1ccccc1NC(=O)C(=Cc1cccs1)NC(=O)c1ccsc1. The molecule has 0 unspecified atom stereocenters. The van der Waals surface area contributed by atoms with Crippen LogP contribution in [-0.2, 0) is 4.79 Å². The van der Waals surface area contributed by atoms with Gasteiger partial charge < -0.3 is 15.4 Å². The summed E-state index contributed by atoms with van der Waals surface area (Å²) in [6, 6.07) is 12.6. The summed E-state index contributed by atoms with van der Waals surface area (Å²) in [5.74, 6) is -0.212. The summed E-state index contributed by atoms with van der Waals surface area (Å²) >= 11 is 2.90. The van der Waals surface area contributed by atoms with Gasteiger partial charge in [0.25, 0.3) is 11.8 Å². The second-order valence-electron chi connectivity index (χ2n) is 5.19. The molecule has 0 spiro atoms. The van der Waals surface area contributed by atoms with Crippen LogP contribution in [0.3, 0.4) is 0 Å². The smallest absolute Gasteiger partial charge is 0.272 e. The van der Waals surface area contributed by atoms with Crippen LogP contribution in [0.1, 0.15) is 15.2 Å². The van der Waals surface area contributed by atoms with Gasteiger partial charge in [-0.15, -0.1) is 11.3 Å². The van der Waals surface area contributed by atoms with E-state index in [1.54, 1.807) is 35.7 Å². The lowest BCUT2D eigenvalue weighted by atomic mass is 10.2. The first-order chi connectivity index (χ1) is 12.7. The summed E-state index contributed by atoms with van der Waals surface area (Å²) in [7, 11) is 1.53. The van der Waals surface area contributed by atoms with Gasteiger partial charge in [0.15, 0.2) is 0 Å². The number of hydrogen-bond acceptors (Lipinski definition) is 5. The first kappa shape index (κ1) is 17.9. The van der Waals surface area contributed by atoms with Crippen molar-refractivity contribution in [3.8, 4) is 5.75 Å². The molecular formula is C19H16N2O3S2. The molecule has 26 heavy (non-hydrogen) atoms. The third-order valence-electron chi connectivity index (χ3n) is 3.46. The number of nitrogens with one attached hydrogen (secondary N) is 2. The van der Waals surface area contributed by atoms with Crippen molar-refractivity contribution in [2.75, 3.05) is 12.4 Å². The van der Waals surface area contributed by atoms with Gasteiger partial charge in [-0.2, -0.15) is 11.3 Å². The van der Waals surface area contributed by atoms with E-state index in [1.807, 2.05) is 29.0 Å². The molecule has 0 bridgehead atoms. The molecule has 5 nitrogen and oxygen atoms in total. The van der Waals surface area contributed by atoms with E-state index in [0.29, 0.717) is 17.0 Å². The monoisotopic (exact) mass is 384 g/mol. The van der Waals surface area contributed by atoms with Crippen molar-refractivity contribution in [1.82, 2.24) is 5.32 Å². The third kappa shape index (κ3) is 4.38. The second-order valence-corrected chi connectivity index (χ2v) is 6.95. The van der Waals surface area contributed by atoms with Crippen LogP contribution in [0.5, 0.6) is 5.75 Å². The fraction of sp³-hybridized carbons (Fsp3) is 0.0526. The van der Waals surface area contributed by atoms with Crippen LogP contribution in [0.25, 0.3) is 6.08 Å². The molecule has 132 valence electrons. The number of hydrogen-bond donors (Lipinski definition) is 2. The molecule has 3 aromatic rings. The number of rotatable bonds is 6. The van der Waals surface area contributed by atoms with Gasteiger partial charge in [-0.25, -0.2) is 0 Å². The molecule has 0 saturated heterocycles. The fourth-order valence-corrected chi connectivity index (χ4v) is 3.49. The van der Waals surface area contributed by atoms with E-state index in [4.69, 9.17) is 4.74 Å². The maximum atomic E-state index is 12.8. The van der Waals surface area contributed by atoms with E-state index >= 15 is 0 Å². The standard InChI is InChI=1S/C19H16N2O3S2/c1-24-17-7-3-2-6-15(17)20-19(23)16(11-14-5-4-9-26-14)21-18(22)13-8-10-25-12-13/h2-12H,1H3,(H,20,23)(H,21,22). The Balaban J connectivity index is 1.85. The fourth-order valence-electron chi connectivity index (χ4n) is 2.20. The Morgan fingerprint density at radius 3 is 2.62 bits per heavy atom. The topological polar surface area (TPSA) is 67.4 Å². The molecule has 0 atom stereocenters. The van der Waals surface area contributed by atoms with Gasteiger partial charge in [-0.1, -0.05) is 18.2 Å². The van der Waals surface area contributed by atoms with E-state index in [9.17, 15) is 9.59 Å². The van der Waals surface area contributed by atoms with Crippen molar-refractivity contribution >= 4 is 46.3 Å². The van der Waals surface area contributed by atoms with E-state index in [1.165, 1.54) is 29.8 Å². The van der Waals surface area contributed by atoms with Gasteiger partial charge in [0.2, 0.25) is 0 Å². The summed E-state index contributed by atoms with van der Waals surface area (Å²) < 4.78 is 5.25. The van der Waals surface area contributed by atoms with Crippen molar-refractivity contribution in [2.45, 2.75) is 0 Å². The minimum atomic E-state index is -0.425. The van der Waals surface area contributed by atoms with Crippen LogP contribution in [0.15, 0.2) is 64.3 Å². The average molecular weight is 384 g/mol. The number of benzene rings is 1. The number of ether oxygens (including phenoxy) is 1. The zero-order valence-corrected chi connectivity index (χ0v) is 15.5. The molecule has 0 fully saturated rings. The molecule has 0 saturated carbocycles. The van der Waals surface area contributed by atoms with Crippen molar-refractivity contribution in [2.24, 2.45) is 0 Å². The van der Waals surface area contributed by atoms with Crippen molar-refractivity contribution in [1.29, 1.82) is 0 Å². The highest BCUT2D eigenvalue weighted by atomic mass is 32.1. The average Bonchev–Trinajstić information content (AvgIpc) is 3.35. The van der Waals surface area contributed by atoms with E-state index in [-0.39, 0.29) is 11.6 Å². The molecule has 2 aromatic heterocycles. The van der Waals surface area contributed by atoms with Gasteiger partial charge in [0.1, 0.15) is 11.4 Å². The molecule has 3 rings (SSSR count). The lowest BCUT2D eigenvalue weighted by Gasteiger charge is -2.12. The number of methoxy groups -OCH3 is 1. The van der Waals surface area contributed by atoms with E-state index in [0.717, 1.165) is 4.88 Å². The van der Waals surface area contributed by atoms with Gasteiger partial charge in [0.05, 0.1) is 18.4 Å². The quantitative estimate of drug-likeness (QED) is 0.625. The maximum absolute atomic E-state index is 12.8. The van der Waals surface area contributed by atoms with Crippen LogP contribution in [0.2, 0.25) is 0 Å². The maximum Gasteiger partial charge on any atom is 0.272 e. The lowest BCUT2D eigenvalue weighted by Crippen LogP contribution is -2.30. The highest BCUT2D eigenvalue weighted by Crippen LogP contribution is 2.24. The lowest BCUT2D eigenvalue weighted by molar-refractivity contribution is -0.113. The summed E-state index contributed by atoms with van der Waals surface area (Å²) in [5, 5.41) is 10.9. The van der Waals surface area contributed by atoms with Crippen LogP contribution < -0.4 is 15.4 Å². The molecule has 1 aromatic carbocycles. The predicted octanol–water partition coefficient (Wildman–Crippen LogP) is 4.23. The first-order valence-corrected chi connectivity index (χ1v) is 9.53. The number of anilines is 1. The minimum absolute atomic E-state index is 0.162. The Kier molecular flexibility index (Phi) is 5.83. The highest BCUT2D eigenvalue weighted by molar-refractivity contribution is 7.10. The van der Waals surface area contributed by atoms with Crippen LogP contribution in [0, 0.1) is 0 Å². The van der Waals surface area contributed by atoms with E-state index in [2.05, 4.69) is 10.6 Å². The zero-order chi connectivity index (χ0) is 18.4. The zero-order valence-electron chi connectivity index (χ0n) is 13.9. The summed E-state index contributed by atoms with van der Waals surface area (Å²) in [6.45, 7) is 0. The predicted molar refractivity (Wildman–Crippen MR) is 106 cm³/mol. The minimum Gasteiger partial charge on any atom is -0.495 e. The number of thiophene rings is 2. The molecule has 0 aliphatic rings. The second kappa shape index (κ2) is 8.46. The van der Waals surface area contributed by atoms with Gasteiger partial charge in [0, 0.05) is 10.3 Å². The number of para-hydroxylation sites is 2. The van der Waals surface area contributed by atoms with Crippen LogP contribution in [0.4, 0.5) is 5.69 Å². The van der Waals surface area contributed by atoms with Crippen LogP contribution in [-0.4, -0.2) is 18.9 Å². The van der Waals surface area contributed by atoms with Crippen LogP contribution >= 0.6 is 22.7 Å². The molecule has 0 radical (unpaired) electrons. The Morgan fingerprint density at radius 1 is 1.08 bits per heavy atom. The molecule has 7 heteroatoms. The van der Waals surface area contributed by atoms with Crippen molar-refractivity contribution in [3.63, 3.8) is 0 Å². The molecular weight excluding hydrogens is 368 g/mol. The largest absolute Gasteiger partial charge is 0.495 e.